The molecule has 244 valence electrons. The minimum absolute atomic E-state index is 0.0230. The van der Waals surface area contributed by atoms with Crippen molar-refractivity contribution < 1.29 is 4.79 Å². The molecule has 3 heterocycles. The van der Waals surface area contributed by atoms with Crippen molar-refractivity contribution in [3.8, 4) is 0 Å². The zero-order chi connectivity index (χ0) is 32.8. The topological polar surface area (TPSA) is 115 Å². The number of carbonyl (C=O) groups is 1. The number of likely N-dealkylation sites (tertiary alicyclic amines) is 1. The fourth-order valence-corrected chi connectivity index (χ4v) is 6.00. The van der Waals surface area contributed by atoms with Crippen LogP contribution >= 0.6 is 0 Å². The highest BCUT2D eigenvalue weighted by atomic mass is 16.1. The molecular formula is C36H49N9O. The molecule has 0 aliphatic carbocycles. The van der Waals surface area contributed by atoms with Crippen LogP contribution in [-0.2, 0) is 5.41 Å². The van der Waals surface area contributed by atoms with Crippen molar-refractivity contribution in [2.45, 2.75) is 46.0 Å². The van der Waals surface area contributed by atoms with Crippen molar-refractivity contribution in [3.05, 3.63) is 83.8 Å². The molecule has 3 aromatic rings. The third-order valence-electron chi connectivity index (χ3n) is 8.98. The van der Waals surface area contributed by atoms with Crippen LogP contribution in [0.1, 0.15) is 60.8 Å². The maximum atomic E-state index is 13.3. The number of aliphatic imine (C=N–C) groups is 1. The minimum atomic E-state index is -0.214. The normalized spacial score (nSPS) is 17.2. The van der Waals surface area contributed by atoms with Crippen LogP contribution in [0, 0.1) is 12.8 Å². The highest BCUT2D eigenvalue weighted by molar-refractivity contribution is 6.06. The number of piperazine rings is 1. The van der Waals surface area contributed by atoms with Gasteiger partial charge in [-0.1, -0.05) is 45.5 Å². The van der Waals surface area contributed by atoms with E-state index in [2.05, 4.69) is 70.8 Å². The van der Waals surface area contributed by atoms with Crippen LogP contribution in [0.2, 0.25) is 0 Å². The predicted octanol–water partition coefficient (Wildman–Crippen LogP) is 5.39. The molecule has 5 rings (SSSR count). The summed E-state index contributed by atoms with van der Waals surface area (Å²) in [5.41, 5.74) is 11.6. The van der Waals surface area contributed by atoms with Crippen molar-refractivity contribution in [3.63, 3.8) is 0 Å². The fourth-order valence-electron chi connectivity index (χ4n) is 6.00. The van der Waals surface area contributed by atoms with E-state index < -0.39 is 0 Å². The molecule has 2 fully saturated rings. The second kappa shape index (κ2) is 14.4. The summed E-state index contributed by atoms with van der Waals surface area (Å²) in [5, 5.41) is 6.13. The lowest BCUT2D eigenvalue weighted by molar-refractivity contribution is 0.102. The van der Waals surface area contributed by atoms with Gasteiger partial charge in [-0.2, -0.15) is 0 Å². The van der Waals surface area contributed by atoms with Gasteiger partial charge in [0.05, 0.1) is 17.6 Å². The monoisotopic (exact) mass is 623 g/mol. The number of amides is 1. The van der Waals surface area contributed by atoms with Gasteiger partial charge in [0, 0.05) is 44.0 Å². The van der Waals surface area contributed by atoms with Crippen molar-refractivity contribution in [2.24, 2.45) is 16.6 Å². The Hall–Kier alpha value is -4.28. The number of rotatable bonds is 9. The summed E-state index contributed by atoms with van der Waals surface area (Å²) >= 11 is 0. The van der Waals surface area contributed by atoms with E-state index in [4.69, 9.17) is 15.7 Å². The Morgan fingerprint density at radius 2 is 1.83 bits per heavy atom. The first-order valence-electron chi connectivity index (χ1n) is 16.3. The van der Waals surface area contributed by atoms with Crippen molar-refractivity contribution in [1.82, 2.24) is 19.8 Å². The Balaban J connectivity index is 1.31. The summed E-state index contributed by atoms with van der Waals surface area (Å²) in [6.45, 7) is 19.4. The molecule has 46 heavy (non-hydrogen) atoms. The maximum Gasteiger partial charge on any atom is 0.255 e. The molecule has 0 radical (unpaired) electrons. The van der Waals surface area contributed by atoms with Crippen LogP contribution in [0.15, 0.2) is 66.4 Å². The van der Waals surface area contributed by atoms with Gasteiger partial charge in [0.1, 0.15) is 5.69 Å². The molecule has 1 aromatic heterocycles. The number of piperidine rings is 1. The SMILES string of the molecule is C=CNc1cnc(N2CCN(CC3CCN(C)CC3)CC2)nc1C(N)=Nc1cc(C(=O)Nc2cccc(C(C)(C)C)c2)ccc1C. The zero-order valence-electron chi connectivity index (χ0n) is 28.0. The number of aryl methyl sites for hydroxylation is 1. The lowest BCUT2D eigenvalue weighted by Gasteiger charge is -2.38. The molecule has 1 amide bonds. The number of hydrogen-bond acceptors (Lipinski definition) is 8. The lowest BCUT2D eigenvalue weighted by atomic mass is 9.87. The average molecular weight is 624 g/mol. The number of carbonyl (C=O) groups excluding carboxylic acids is 1. The van der Waals surface area contributed by atoms with Crippen LogP contribution in [-0.4, -0.2) is 84.4 Å². The highest BCUT2D eigenvalue weighted by Crippen LogP contribution is 2.27. The second-order valence-corrected chi connectivity index (χ2v) is 13.6. The van der Waals surface area contributed by atoms with E-state index in [-0.39, 0.29) is 17.2 Å². The number of benzene rings is 2. The molecule has 10 heteroatoms. The first kappa shape index (κ1) is 33.1. The fraction of sp³-hybridized carbons (Fsp3) is 0.444. The van der Waals surface area contributed by atoms with Gasteiger partial charge in [-0.15, -0.1) is 0 Å². The number of aromatic nitrogens is 2. The zero-order valence-corrected chi connectivity index (χ0v) is 28.0. The predicted molar refractivity (Wildman–Crippen MR) is 189 cm³/mol. The molecule has 2 saturated heterocycles. The summed E-state index contributed by atoms with van der Waals surface area (Å²) in [7, 11) is 2.21. The Kier molecular flexibility index (Phi) is 10.4. The third-order valence-corrected chi connectivity index (χ3v) is 8.98. The van der Waals surface area contributed by atoms with E-state index in [0.29, 0.717) is 28.6 Å². The Morgan fingerprint density at radius 1 is 1.09 bits per heavy atom. The number of nitrogens with two attached hydrogens (primary N) is 1. The standard InChI is InChI=1S/C36H49N9O/c1-7-38-31-23-39-35(45-19-17-44(18-20-45)24-26-13-15-43(6)16-14-26)42-32(31)33(37)41-30-21-27(12-11-25(30)2)34(46)40-29-10-8-9-28(22-29)36(3,4)5/h7-12,21-23,26,38H,1,13-20,24H2,2-6H3,(H2,37,41)(H,40,46). The van der Waals surface area contributed by atoms with Crippen molar-refractivity contribution in [2.75, 3.05) is 68.4 Å². The molecule has 0 spiro atoms. The highest BCUT2D eigenvalue weighted by Gasteiger charge is 2.25. The third kappa shape index (κ3) is 8.30. The van der Waals surface area contributed by atoms with E-state index in [0.717, 1.165) is 55.5 Å². The Labute approximate surface area is 273 Å². The lowest BCUT2D eigenvalue weighted by Crippen LogP contribution is -2.49. The molecule has 10 nitrogen and oxygen atoms in total. The van der Waals surface area contributed by atoms with E-state index >= 15 is 0 Å². The number of hydrogen-bond donors (Lipinski definition) is 3. The summed E-state index contributed by atoms with van der Waals surface area (Å²) in [6, 6.07) is 13.4. The molecule has 0 bridgehead atoms. The number of anilines is 3. The number of amidine groups is 1. The van der Waals surface area contributed by atoms with Gasteiger partial charge < -0.3 is 26.2 Å². The first-order chi connectivity index (χ1) is 22.0. The van der Waals surface area contributed by atoms with Gasteiger partial charge in [0.25, 0.3) is 5.91 Å². The minimum Gasteiger partial charge on any atom is -0.382 e. The molecule has 0 unspecified atom stereocenters. The molecule has 2 aliphatic rings. The van der Waals surface area contributed by atoms with E-state index in [1.807, 2.05) is 31.2 Å². The second-order valence-electron chi connectivity index (χ2n) is 13.6. The van der Waals surface area contributed by atoms with Crippen LogP contribution in [0.5, 0.6) is 0 Å². The maximum absolute atomic E-state index is 13.3. The van der Waals surface area contributed by atoms with Gasteiger partial charge in [0.15, 0.2) is 5.84 Å². The largest absolute Gasteiger partial charge is 0.382 e. The van der Waals surface area contributed by atoms with Gasteiger partial charge in [-0.05, 0) is 92.8 Å². The van der Waals surface area contributed by atoms with E-state index in [1.165, 1.54) is 25.9 Å². The van der Waals surface area contributed by atoms with Gasteiger partial charge >= 0.3 is 0 Å². The molecule has 2 aliphatic heterocycles. The van der Waals surface area contributed by atoms with Crippen LogP contribution < -0.4 is 21.3 Å². The molecular weight excluding hydrogens is 574 g/mol. The molecule has 0 atom stereocenters. The Morgan fingerprint density at radius 3 is 2.52 bits per heavy atom. The average Bonchev–Trinajstić information content (AvgIpc) is 3.03. The summed E-state index contributed by atoms with van der Waals surface area (Å²) in [5.74, 6) is 1.42. The van der Waals surface area contributed by atoms with Gasteiger partial charge in [-0.3, -0.25) is 9.69 Å². The van der Waals surface area contributed by atoms with Gasteiger partial charge in [0.2, 0.25) is 5.95 Å². The van der Waals surface area contributed by atoms with Crippen molar-refractivity contribution >= 4 is 34.8 Å². The van der Waals surface area contributed by atoms with E-state index in [9.17, 15) is 4.79 Å². The summed E-state index contributed by atoms with van der Waals surface area (Å²) in [6.07, 6.45) is 5.85. The summed E-state index contributed by atoms with van der Waals surface area (Å²) < 4.78 is 0. The summed E-state index contributed by atoms with van der Waals surface area (Å²) in [4.78, 5) is 34.8. The Bertz CT molecular complexity index is 1560. The molecule has 4 N–H and O–H groups in total. The molecule has 0 saturated carbocycles. The van der Waals surface area contributed by atoms with E-state index in [1.54, 1.807) is 24.5 Å². The quantitative estimate of drug-likeness (QED) is 0.215. The first-order valence-corrected chi connectivity index (χ1v) is 16.3. The molecule has 2 aromatic carbocycles. The number of nitrogens with zero attached hydrogens (tertiary/aromatic N) is 6. The number of nitrogens with one attached hydrogen (secondary N) is 2. The van der Waals surface area contributed by atoms with Gasteiger partial charge in [-0.25, -0.2) is 15.0 Å². The van der Waals surface area contributed by atoms with Crippen LogP contribution in [0.3, 0.4) is 0 Å². The van der Waals surface area contributed by atoms with Crippen LogP contribution in [0.25, 0.3) is 0 Å². The smallest absolute Gasteiger partial charge is 0.255 e. The van der Waals surface area contributed by atoms with Crippen molar-refractivity contribution in [1.29, 1.82) is 0 Å². The van der Waals surface area contributed by atoms with Crippen LogP contribution in [0.4, 0.5) is 23.0 Å².